The average Bonchev–Trinajstić information content (AvgIpc) is 1.99. The summed E-state index contributed by atoms with van der Waals surface area (Å²) < 4.78 is 38.7. The van der Waals surface area contributed by atoms with Gasteiger partial charge in [0.25, 0.3) is 0 Å². The van der Waals surface area contributed by atoms with E-state index in [2.05, 4.69) is 11.8 Å². The maximum atomic E-state index is 13.1. The Hall–Kier alpha value is -1.47. The van der Waals surface area contributed by atoms with Crippen LogP contribution in [0.25, 0.3) is 0 Å². The molecule has 1 aromatic rings. The van der Waals surface area contributed by atoms with Crippen LogP contribution < -0.4 is 5.73 Å². The molecule has 0 aromatic heterocycles. The van der Waals surface area contributed by atoms with E-state index in [0.717, 1.165) is 0 Å². The molecular formula is C11H10F3N. The Morgan fingerprint density at radius 2 is 1.60 bits per heavy atom. The summed E-state index contributed by atoms with van der Waals surface area (Å²) in [7, 11) is 0. The summed E-state index contributed by atoms with van der Waals surface area (Å²) in [6.45, 7) is 3.19. The van der Waals surface area contributed by atoms with Crippen LogP contribution in [0.1, 0.15) is 19.4 Å². The first-order valence-corrected chi connectivity index (χ1v) is 4.26. The topological polar surface area (TPSA) is 26.0 Å². The summed E-state index contributed by atoms with van der Waals surface area (Å²) in [6.07, 6.45) is 0. The van der Waals surface area contributed by atoms with Crippen molar-refractivity contribution in [2.24, 2.45) is 5.73 Å². The third-order valence-electron chi connectivity index (χ3n) is 1.52. The smallest absolute Gasteiger partial charge is 0.144 e. The zero-order valence-corrected chi connectivity index (χ0v) is 8.37. The Morgan fingerprint density at radius 1 is 1.13 bits per heavy atom. The van der Waals surface area contributed by atoms with Gasteiger partial charge in [0, 0.05) is 12.1 Å². The van der Waals surface area contributed by atoms with Gasteiger partial charge in [-0.15, -0.1) is 0 Å². The summed E-state index contributed by atoms with van der Waals surface area (Å²) in [5, 5.41) is 0. The third-order valence-corrected chi connectivity index (χ3v) is 1.52. The van der Waals surface area contributed by atoms with Crippen LogP contribution in [0.3, 0.4) is 0 Å². The minimum atomic E-state index is -1.02. The Kier molecular flexibility index (Phi) is 3.06. The predicted octanol–water partition coefficient (Wildman–Crippen LogP) is 2.19. The van der Waals surface area contributed by atoms with Crippen molar-refractivity contribution in [1.82, 2.24) is 0 Å². The van der Waals surface area contributed by atoms with Gasteiger partial charge >= 0.3 is 0 Å². The first kappa shape index (κ1) is 11.6. The quantitative estimate of drug-likeness (QED) is 0.657. The molecule has 1 rings (SSSR count). The fourth-order valence-corrected chi connectivity index (χ4v) is 0.885. The van der Waals surface area contributed by atoms with Crippen LogP contribution in [0.2, 0.25) is 0 Å². The zero-order chi connectivity index (χ0) is 11.6. The molecular weight excluding hydrogens is 203 g/mol. The summed E-state index contributed by atoms with van der Waals surface area (Å²) >= 11 is 0. The molecule has 0 aliphatic rings. The Balaban J connectivity index is 3.20. The summed E-state index contributed by atoms with van der Waals surface area (Å²) in [5.74, 6) is 1.70. The lowest BCUT2D eigenvalue weighted by molar-refractivity contribution is 0.539. The van der Waals surface area contributed by atoms with Gasteiger partial charge < -0.3 is 5.73 Å². The second-order valence-electron chi connectivity index (χ2n) is 3.72. The lowest BCUT2D eigenvalue weighted by Crippen LogP contribution is -2.29. The van der Waals surface area contributed by atoms with Crippen LogP contribution in [-0.4, -0.2) is 5.54 Å². The van der Waals surface area contributed by atoms with E-state index in [-0.39, 0.29) is 0 Å². The van der Waals surface area contributed by atoms with Crippen molar-refractivity contribution in [3.05, 3.63) is 35.1 Å². The van der Waals surface area contributed by atoms with Crippen molar-refractivity contribution in [2.45, 2.75) is 19.4 Å². The third kappa shape index (κ3) is 3.30. The molecule has 4 heteroatoms. The largest absolute Gasteiger partial charge is 0.316 e. The van der Waals surface area contributed by atoms with Gasteiger partial charge in [-0.2, -0.15) is 0 Å². The molecule has 1 nitrogen and oxygen atoms in total. The highest BCUT2D eigenvalue weighted by Gasteiger charge is 2.10. The molecule has 2 N–H and O–H groups in total. The van der Waals surface area contributed by atoms with Crippen LogP contribution in [0.4, 0.5) is 13.2 Å². The lowest BCUT2D eigenvalue weighted by Gasteiger charge is -2.07. The number of rotatable bonds is 0. The molecule has 0 spiro atoms. The number of hydrogen-bond donors (Lipinski definition) is 1. The SMILES string of the molecule is CC(C)(N)C#Cc1c(F)cc(F)cc1F. The molecule has 0 radical (unpaired) electrons. The second kappa shape index (κ2) is 3.95. The van der Waals surface area contributed by atoms with Gasteiger partial charge in [0.2, 0.25) is 0 Å². The first-order chi connectivity index (χ1) is 6.79. The molecule has 0 bridgehead atoms. The second-order valence-corrected chi connectivity index (χ2v) is 3.72. The monoisotopic (exact) mass is 213 g/mol. The highest BCUT2D eigenvalue weighted by molar-refractivity contribution is 5.38. The lowest BCUT2D eigenvalue weighted by atomic mass is 10.1. The van der Waals surface area contributed by atoms with E-state index in [4.69, 9.17) is 5.73 Å². The maximum absolute atomic E-state index is 13.1. The minimum absolute atomic E-state index is 0.463. The normalized spacial score (nSPS) is 10.8. The number of benzene rings is 1. The van der Waals surface area contributed by atoms with Crippen molar-refractivity contribution in [1.29, 1.82) is 0 Å². The van der Waals surface area contributed by atoms with Gasteiger partial charge in [0.15, 0.2) is 0 Å². The van der Waals surface area contributed by atoms with Crippen LogP contribution >= 0.6 is 0 Å². The Morgan fingerprint density at radius 3 is 2.00 bits per heavy atom. The van der Waals surface area contributed by atoms with Gasteiger partial charge in [-0.05, 0) is 13.8 Å². The fourth-order valence-electron chi connectivity index (χ4n) is 0.885. The molecule has 80 valence electrons. The summed E-state index contributed by atoms with van der Waals surface area (Å²) in [6, 6.07) is 1.16. The van der Waals surface area contributed by atoms with Crippen molar-refractivity contribution < 1.29 is 13.2 Å². The van der Waals surface area contributed by atoms with E-state index in [1.165, 1.54) is 0 Å². The zero-order valence-electron chi connectivity index (χ0n) is 8.37. The van der Waals surface area contributed by atoms with Crippen molar-refractivity contribution >= 4 is 0 Å². The molecule has 0 saturated carbocycles. The van der Waals surface area contributed by atoms with E-state index < -0.39 is 28.6 Å². The molecule has 0 aliphatic carbocycles. The summed E-state index contributed by atoms with van der Waals surface area (Å²) in [4.78, 5) is 0. The van der Waals surface area contributed by atoms with Gasteiger partial charge in [0.05, 0.1) is 11.1 Å². The predicted molar refractivity (Wildman–Crippen MR) is 51.5 cm³/mol. The van der Waals surface area contributed by atoms with Crippen LogP contribution in [0.5, 0.6) is 0 Å². The van der Waals surface area contributed by atoms with Gasteiger partial charge in [0.1, 0.15) is 17.5 Å². The molecule has 15 heavy (non-hydrogen) atoms. The van der Waals surface area contributed by atoms with Crippen molar-refractivity contribution in [3.63, 3.8) is 0 Å². The highest BCUT2D eigenvalue weighted by Crippen LogP contribution is 2.13. The van der Waals surface area contributed by atoms with E-state index in [0.29, 0.717) is 12.1 Å². The van der Waals surface area contributed by atoms with Crippen LogP contribution in [0, 0.1) is 29.3 Å². The maximum Gasteiger partial charge on any atom is 0.144 e. The Bertz CT molecular complexity index is 412. The van der Waals surface area contributed by atoms with Crippen molar-refractivity contribution in [2.75, 3.05) is 0 Å². The van der Waals surface area contributed by atoms with Crippen LogP contribution in [-0.2, 0) is 0 Å². The Labute approximate surface area is 86.1 Å². The molecule has 0 aliphatic heterocycles. The van der Waals surface area contributed by atoms with E-state index >= 15 is 0 Å². The number of hydrogen-bond acceptors (Lipinski definition) is 1. The molecule has 0 fully saturated rings. The van der Waals surface area contributed by atoms with Crippen molar-refractivity contribution in [3.8, 4) is 11.8 Å². The van der Waals surface area contributed by atoms with Gasteiger partial charge in [-0.3, -0.25) is 0 Å². The molecule has 0 unspecified atom stereocenters. The molecule has 1 aromatic carbocycles. The fraction of sp³-hybridized carbons (Fsp3) is 0.273. The number of nitrogens with two attached hydrogens (primary N) is 1. The average molecular weight is 213 g/mol. The van der Waals surface area contributed by atoms with Crippen LogP contribution in [0.15, 0.2) is 12.1 Å². The number of halogens is 3. The highest BCUT2D eigenvalue weighted by atomic mass is 19.1. The van der Waals surface area contributed by atoms with Gasteiger partial charge in [-0.1, -0.05) is 11.8 Å². The van der Waals surface area contributed by atoms with E-state index in [9.17, 15) is 13.2 Å². The molecule has 0 amide bonds. The molecule has 0 saturated heterocycles. The van der Waals surface area contributed by atoms with Gasteiger partial charge in [-0.25, -0.2) is 13.2 Å². The molecule has 0 heterocycles. The standard InChI is InChI=1S/C11H10F3N/c1-11(2,15)4-3-8-9(13)5-7(12)6-10(8)14/h5-6H,15H2,1-2H3. The van der Waals surface area contributed by atoms with E-state index in [1.807, 2.05) is 0 Å². The minimum Gasteiger partial charge on any atom is -0.316 e. The first-order valence-electron chi connectivity index (χ1n) is 4.26. The summed E-state index contributed by atoms with van der Waals surface area (Å²) in [5.41, 5.74) is 4.20. The molecule has 0 atom stereocenters. The van der Waals surface area contributed by atoms with E-state index in [1.54, 1.807) is 13.8 Å².